The molecule has 2 aromatic rings. The molecule has 1 heterocycles. The molecule has 0 amide bonds. The molecule has 0 saturated carbocycles. The summed E-state index contributed by atoms with van der Waals surface area (Å²) in [4.78, 5) is 4.79. The molecule has 20 heavy (non-hydrogen) atoms. The van der Waals surface area contributed by atoms with Crippen LogP contribution in [-0.4, -0.2) is 5.29 Å². The lowest BCUT2D eigenvalue weighted by Crippen LogP contribution is -2.12. The Kier molecular flexibility index (Phi) is 3.74. The van der Waals surface area contributed by atoms with Crippen molar-refractivity contribution in [3.63, 3.8) is 0 Å². The zero-order valence-electron chi connectivity index (χ0n) is 9.86. The van der Waals surface area contributed by atoms with Crippen LogP contribution in [0.5, 0.6) is 11.5 Å². The quantitative estimate of drug-likeness (QED) is 0.614. The van der Waals surface area contributed by atoms with Crippen LogP contribution < -0.4 is 9.46 Å². The van der Waals surface area contributed by atoms with Gasteiger partial charge in [0.25, 0.3) is 0 Å². The van der Waals surface area contributed by atoms with Crippen molar-refractivity contribution >= 4 is 46.1 Å². The first-order valence-corrected chi connectivity index (χ1v) is 7.14. The van der Waals surface area contributed by atoms with Gasteiger partial charge in [-0.25, -0.2) is 9.38 Å². The molecular weight excluding hydrogens is 322 g/mol. The van der Waals surface area contributed by atoms with Crippen molar-refractivity contribution in [2.45, 2.75) is 4.90 Å². The summed E-state index contributed by atoms with van der Waals surface area (Å²) in [5.74, 6) is -0.168. The second-order valence-corrected chi connectivity index (χ2v) is 5.48. The average molecular weight is 329 g/mol. The summed E-state index contributed by atoms with van der Waals surface area (Å²) in [6.07, 6.45) is 0. The van der Waals surface area contributed by atoms with Crippen LogP contribution in [0.1, 0.15) is 0 Å². The first-order chi connectivity index (χ1) is 9.65. The Balaban J connectivity index is 2.09. The zero-order chi connectivity index (χ0) is 14.1. The standard InChI is InChI=1S/C13H7Cl2FN2OS/c14-7-3-1-2-4-9(7)19-12-8(16)5-6-10-11(12)17-13(15)18-20-10/h1-6H,(H,17,18). The van der Waals surface area contributed by atoms with Crippen LogP contribution in [0.4, 0.5) is 10.1 Å². The molecule has 0 unspecified atom stereocenters. The normalized spacial score (nSPS) is 13.2. The second kappa shape index (κ2) is 5.52. The number of nitrogens with zero attached hydrogens (tertiary/aromatic N) is 1. The predicted octanol–water partition coefficient (Wildman–Crippen LogP) is 5.11. The smallest absolute Gasteiger partial charge is 0.206 e. The summed E-state index contributed by atoms with van der Waals surface area (Å²) in [5.41, 5.74) is 0.346. The Morgan fingerprint density at radius 3 is 2.75 bits per heavy atom. The van der Waals surface area contributed by atoms with Gasteiger partial charge in [0.1, 0.15) is 11.4 Å². The molecule has 0 aliphatic carbocycles. The number of rotatable bonds is 2. The highest BCUT2D eigenvalue weighted by Crippen LogP contribution is 2.44. The molecule has 0 radical (unpaired) electrons. The molecule has 0 saturated heterocycles. The molecular formula is C13H7Cl2FN2OS. The molecule has 102 valence electrons. The van der Waals surface area contributed by atoms with E-state index in [0.717, 1.165) is 4.90 Å². The van der Waals surface area contributed by atoms with Gasteiger partial charge in [0.05, 0.1) is 9.92 Å². The van der Waals surface area contributed by atoms with Crippen molar-refractivity contribution in [1.29, 1.82) is 0 Å². The topological polar surface area (TPSA) is 33.6 Å². The lowest BCUT2D eigenvalue weighted by molar-refractivity contribution is 0.442. The second-order valence-electron chi connectivity index (χ2n) is 3.86. The molecule has 1 aliphatic rings. The molecule has 1 N–H and O–H groups in total. The average Bonchev–Trinajstić information content (AvgIpc) is 2.44. The fraction of sp³-hybridized carbons (Fsp3) is 0. The summed E-state index contributed by atoms with van der Waals surface area (Å²) >= 11 is 13.1. The van der Waals surface area contributed by atoms with Crippen LogP contribution in [0.25, 0.3) is 0 Å². The third kappa shape index (κ3) is 2.57. The number of benzene rings is 2. The molecule has 0 spiro atoms. The number of halogens is 3. The van der Waals surface area contributed by atoms with Gasteiger partial charge in [-0.15, -0.1) is 0 Å². The van der Waals surface area contributed by atoms with Gasteiger partial charge >= 0.3 is 0 Å². The van der Waals surface area contributed by atoms with E-state index >= 15 is 0 Å². The number of fused-ring (bicyclic) bond motifs is 1. The molecule has 7 heteroatoms. The van der Waals surface area contributed by atoms with Gasteiger partial charge in [-0.3, -0.25) is 0 Å². The van der Waals surface area contributed by atoms with Gasteiger partial charge in [-0.05, 0) is 47.8 Å². The van der Waals surface area contributed by atoms with Crippen LogP contribution in [0, 0.1) is 5.82 Å². The molecule has 0 atom stereocenters. The number of hydrogen-bond acceptors (Lipinski definition) is 4. The molecule has 2 aromatic carbocycles. The first kappa shape index (κ1) is 13.5. The summed E-state index contributed by atoms with van der Waals surface area (Å²) in [7, 11) is 0. The van der Waals surface area contributed by atoms with E-state index < -0.39 is 5.82 Å². The van der Waals surface area contributed by atoms with Gasteiger partial charge in [0.2, 0.25) is 5.29 Å². The largest absolute Gasteiger partial charge is 0.450 e. The number of para-hydroxylation sites is 1. The highest BCUT2D eigenvalue weighted by Gasteiger charge is 2.20. The van der Waals surface area contributed by atoms with Crippen LogP contribution >= 0.6 is 35.1 Å². The summed E-state index contributed by atoms with van der Waals surface area (Å²) in [6.45, 7) is 0. The van der Waals surface area contributed by atoms with Crippen LogP contribution in [0.15, 0.2) is 46.3 Å². The minimum Gasteiger partial charge on any atom is -0.450 e. The molecule has 1 aliphatic heterocycles. The summed E-state index contributed by atoms with van der Waals surface area (Å²) in [5, 5.41) is 0.554. The SMILES string of the molecule is Fc1ccc2c(c1Oc1ccccc1Cl)N=C(Cl)NS2. The number of hydrogen-bond donors (Lipinski definition) is 1. The van der Waals surface area contributed by atoms with Gasteiger partial charge in [-0.1, -0.05) is 23.7 Å². The highest BCUT2D eigenvalue weighted by molar-refractivity contribution is 7.98. The maximum absolute atomic E-state index is 14.0. The number of aliphatic imine (C=N–C) groups is 1. The lowest BCUT2D eigenvalue weighted by atomic mass is 10.2. The van der Waals surface area contributed by atoms with Gasteiger partial charge in [0, 0.05) is 0 Å². The van der Waals surface area contributed by atoms with E-state index in [9.17, 15) is 4.39 Å². The summed E-state index contributed by atoms with van der Waals surface area (Å²) < 4.78 is 22.4. The molecule has 0 aromatic heterocycles. The van der Waals surface area contributed by atoms with Gasteiger partial charge in [0.15, 0.2) is 11.6 Å². The molecule has 3 rings (SSSR count). The first-order valence-electron chi connectivity index (χ1n) is 5.57. The highest BCUT2D eigenvalue weighted by atomic mass is 35.5. The monoisotopic (exact) mass is 328 g/mol. The zero-order valence-corrected chi connectivity index (χ0v) is 12.2. The lowest BCUT2D eigenvalue weighted by Gasteiger charge is -2.17. The van der Waals surface area contributed by atoms with Gasteiger partial charge in [-0.2, -0.15) is 0 Å². The van der Waals surface area contributed by atoms with Crippen molar-refractivity contribution in [1.82, 2.24) is 4.72 Å². The van der Waals surface area contributed by atoms with Crippen LogP contribution in [0.2, 0.25) is 5.02 Å². The van der Waals surface area contributed by atoms with Crippen molar-refractivity contribution < 1.29 is 9.13 Å². The van der Waals surface area contributed by atoms with Crippen molar-refractivity contribution in [2.75, 3.05) is 0 Å². The fourth-order valence-corrected chi connectivity index (χ4v) is 2.65. The number of nitrogens with one attached hydrogen (secondary N) is 1. The van der Waals surface area contributed by atoms with E-state index in [-0.39, 0.29) is 11.0 Å². The van der Waals surface area contributed by atoms with E-state index in [1.807, 2.05) is 0 Å². The fourth-order valence-electron chi connectivity index (χ4n) is 1.67. The van der Waals surface area contributed by atoms with Crippen molar-refractivity contribution in [3.8, 4) is 11.5 Å². The Bertz CT molecular complexity index is 709. The maximum Gasteiger partial charge on any atom is 0.206 e. The van der Waals surface area contributed by atoms with Crippen molar-refractivity contribution in [3.05, 3.63) is 47.2 Å². The third-order valence-corrected chi connectivity index (χ3v) is 4.00. The Morgan fingerprint density at radius 2 is 1.95 bits per heavy atom. The molecule has 0 bridgehead atoms. The van der Waals surface area contributed by atoms with Crippen LogP contribution in [0.3, 0.4) is 0 Å². The van der Waals surface area contributed by atoms with E-state index in [2.05, 4.69) is 9.71 Å². The predicted molar refractivity (Wildman–Crippen MR) is 79.9 cm³/mol. The number of amidine groups is 1. The number of ether oxygens (including phenoxy) is 1. The molecule has 0 fully saturated rings. The Hall–Kier alpha value is -1.43. The van der Waals surface area contributed by atoms with E-state index in [1.165, 1.54) is 18.0 Å². The third-order valence-electron chi connectivity index (χ3n) is 2.55. The van der Waals surface area contributed by atoms with E-state index in [1.54, 1.807) is 30.3 Å². The maximum atomic E-state index is 14.0. The summed E-state index contributed by atoms with van der Waals surface area (Å²) in [6, 6.07) is 9.75. The minimum absolute atomic E-state index is 0.00255. The molecule has 3 nitrogen and oxygen atoms in total. The Labute approximate surface area is 128 Å². The van der Waals surface area contributed by atoms with Crippen molar-refractivity contribution in [2.24, 2.45) is 4.99 Å². The Morgan fingerprint density at radius 1 is 1.15 bits per heavy atom. The van der Waals surface area contributed by atoms with E-state index in [0.29, 0.717) is 16.5 Å². The minimum atomic E-state index is -0.528. The van der Waals surface area contributed by atoms with Gasteiger partial charge < -0.3 is 9.46 Å². The van der Waals surface area contributed by atoms with E-state index in [4.69, 9.17) is 27.9 Å². The van der Waals surface area contributed by atoms with Crippen LogP contribution in [-0.2, 0) is 0 Å².